The van der Waals surface area contributed by atoms with E-state index in [2.05, 4.69) is 46.4 Å². The molecular weight excluding hydrogens is 290 g/mol. The molecule has 1 aliphatic carbocycles. The van der Waals surface area contributed by atoms with Gasteiger partial charge in [-0.25, -0.2) is 0 Å². The summed E-state index contributed by atoms with van der Waals surface area (Å²) in [6, 6.07) is 0. The van der Waals surface area contributed by atoms with E-state index in [1.807, 2.05) is 0 Å². The van der Waals surface area contributed by atoms with E-state index < -0.39 is 0 Å². The van der Waals surface area contributed by atoms with Gasteiger partial charge < -0.3 is 14.2 Å². The van der Waals surface area contributed by atoms with Crippen LogP contribution in [-0.2, 0) is 14.2 Å². The minimum Gasteiger partial charge on any atom is -0.377 e. The van der Waals surface area contributed by atoms with Gasteiger partial charge in [-0.3, -0.25) is 4.90 Å². The molecule has 0 bridgehead atoms. The monoisotopic (exact) mass is 327 g/mol. The second-order valence-electron chi connectivity index (χ2n) is 8.39. The van der Waals surface area contributed by atoms with Gasteiger partial charge in [0, 0.05) is 18.6 Å². The van der Waals surface area contributed by atoms with Gasteiger partial charge >= 0.3 is 0 Å². The highest BCUT2D eigenvalue weighted by Crippen LogP contribution is 2.31. The molecule has 0 aromatic heterocycles. The summed E-state index contributed by atoms with van der Waals surface area (Å²) in [5, 5.41) is 0. The highest BCUT2D eigenvalue weighted by molar-refractivity contribution is 4.88. The standard InChI is InChI=1S/C19H37NO3/c1-14(2)21-13-19(5,6)20-9-7-16(8-10-20)23-18-11-17(12-18)22-15(3)4/h14-18H,7-13H2,1-6H3/t17-,18-. The second kappa shape index (κ2) is 8.28. The van der Waals surface area contributed by atoms with Crippen molar-refractivity contribution in [2.24, 2.45) is 0 Å². The van der Waals surface area contributed by atoms with Gasteiger partial charge in [-0.05, 0) is 67.2 Å². The van der Waals surface area contributed by atoms with Crippen molar-refractivity contribution in [1.29, 1.82) is 0 Å². The van der Waals surface area contributed by atoms with E-state index in [0.717, 1.165) is 45.4 Å². The number of rotatable bonds is 8. The Morgan fingerprint density at radius 3 is 2.04 bits per heavy atom. The lowest BCUT2D eigenvalue weighted by Crippen LogP contribution is -2.53. The first-order valence-electron chi connectivity index (χ1n) is 9.44. The molecule has 0 aromatic rings. The fourth-order valence-corrected chi connectivity index (χ4v) is 3.46. The number of nitrogens with zero attached hydrogens (tertiary/aromatic N) is 1. The zero-order chi connectivity index (χ0) is 17.0. The van der Waals surface area contributed by atoms with Crippen molar-refractivity contribution in [3.8, 4) is 0 Å². The van der Waals surface area contributed by atoms with Gasteiger partial charge in [0.2, 0.25) is 0 Å². The Labute approximate surface area is 142 Å². The predicted octanol–water partition coefficient (Wildman–Crippen LogP) is 3.63. The van der Waals surface area contributed by atoms with E-state index in [-0.39, 0.29) is 5.54 Å². The van der Waals surface area contributed by atoms with Crippen molar-refractivity contribution in [2.75, 3.05) is 19.7 Å². The van der Waals surface area contributed by atoms with Crippen LogP contribution in [-0.4, -0.2) is 60.7 Å². The molecule has 2 aliphatic rings. The molecule has 23 heavy (non-hydrogen) atoms. The Balaban J connectivity index is 1.64. The van der Waals surface area contributed by atoms with E-state index in [1.54, 1.807) is 0 Å². The molecule has 0 amide bonds. The van der Waals surface area contributed by atoms with Crippen LogP contribution in [0.1, 0.15) is 67.2 Å². The van der Waals surface area contributed by atoms with E-state index in [9.17, 15) is 0 Å². The molecule has 1 saturated carbocycles. The van der Waals surface area contributed by atoms with Gasteiger partial charge in [0.15, 0.2) is 0 Å². The van der Waals surface area contributed by atoms with Crippen molar-refractivity contribution in [2.45, 2.75) is 103 Å². The molecule has 0 radical (unpaired) electrons. The molecule has 1 saturated heterocycles. The van der Waals surface area contributed by atoms with Crippen LogP contribution in [0.2, 0.25) is 0 Å². The number of piperidine rings is 1. The van der Waals surface area contributed by atoms with Crippen molar-refractivity contribution in [1.82, 2.24) is 4.90 Å². The Hall–Kier alpha value is -0.160. The second-order valence-corrected chi connectivity index (χ2v) is 8.39. The summed E-state index contributed by atoms with van der Waals surface area (Å²) < 4.78 is 17.9. The van der Waals surface area contributed by atoms with Gasteiger partial charge in [-0.15, -0.1) is 0 Å². The number of hydrogen-bond acceptors (Lipinski definition) is 4. The summed E-state index contributed by atoms with van der Waals surface area (Å²) in [6.45, 7) is 16.0. The predicted molar refractivity (Wildman–Crippen MR) is 93.9 cm³/mol. The zero-order valence-corrected chi connectivity index (χ0v) is 16.0. The molecule has 2 rings (SSSR count). The first kappa shape index (κ1) is 19.2. The average molecular weight is 328 g/mol. The normalized spacial score (nSPS) is 27.7. The lowest BCUT2D eigenvalue weighted by atomic mass is 9.91. The zero-order valence-electron chi connectivity index (χ0n) is 16.0. The molecule has 0 unspecified atom stereocenters. The number of hydrogen-bond donors (Lipinski definition) is 0. The molecule has 4 nitrogen and oxygen atoms in total. The minimum atomic E-state index is 0.113. The Morgan fingerprint density at radius 2 is 1.52 bits per heavy atom. The van der Waals surface area contributed by atoms with E-state index >= 15 is 0 Å². The molecule has 0 spiro atoms. The van der Waals surface area contributed by atoms with Crippen LogP contribution < -0.4 is 0 Å². The molecule has 0 atom stereocenters. The van der Waals surface area contributed by atoms with Crippen molar-refractivity contribution in [3.63, 3.8) is 0 Å². The summed E-state index contributed by atoms with van der Waals surface area (Å²) >= 11 is 0. The SMILES string of the molecule is CC(C)OCC(C)(C)N1CCC(O[C@H]2C[C@H](OC(C)C)C2)CC1. The highest BCUT2D eigenvalue weighted by Gasteiger charge is 2.36. The minimum absolute atomic E-state index is 0.113. The van der Waals surface area contributed by atoms with Crippen molar-refractivity contribution >= 4 is 0 Å². The van der Waals surface area contributed by atoms with Gasteiger partial charge in [0.25, 0.3) is 0 Å². The fraction of sp³-hybridized carbons (Fsp3) is 1.00. The van der Waals surface area contributed by atoms with Crippen LogP contribution in [0.15, 0.2) is 0 Å². The molecular formula is C19H37NO3. The molecule has 1 aliphatic heterocycles. The van der Waals surface area contributed by atoms with Crippen molar-refractivity contribution < 1.29 is 14.2 Å². The fourth-order valence-electron chi connectivity index (χ4n) is 3.46. The van der Waals surface area contributed by atoms with E-state index in [0.29, 0.717) is 30.5 Å². The third kappa shape index (κ3) is 6.00. The molecule has 136 valence electrons. The van der Waals surface area contributed by atoms with E-state index in [4.69, 9.17) is 14.2 Å². The lowest BCUT2D eigenvalue weighted by molar-refractivity contribution is -0.149. The summed E-state index contributed by atoms with van der Waals surface area (Å²) in [4.78, 5) is 2.56. The van der Waals surface area contributed by atoms with Crippen LogP contribution in [0, 0.1) is 0 Å². The number of ether oxygens (including phenoxy) is 3. The molecule has 0 N–H and O–H groups in total. The van der Waals surface area contributed by atoms with Crippen molar-refractivity contribution in [3.05, 3.63) is 0 Å². The highest BCUT2D eigenvalue weighted by atomic mass is 16.5. The van der Waals surface area contributed by atoms with Gasteiger partial charge in [-0.2, -0.15) is 0 Å². The molecule has 1 heterocycles. The van der Waals surface area contributed by atoms with Crippen LogP contribution >= 0.6 is 0 Å². The first-order valence-corrected chi connectivity index (χ1v) is 9.44. The van der Waals surface area contributed by atoms with Crippen LogP contribution in [0.25, 0.3) is 0 Å². The Kier molecular flexibility index (Phi) is 6.90. The van der Waals surface area contributed by atoms with Gasteiger partial charge in [0.05, 0.1) is 37.1 Å². The summed E-state index contributed by atoms with van der Waals surface area (Å²) in [7, 11) is 0. The average Bonchev–Trinajstić information content (AvgIpc) is 2.43. The van der Waals surface area contributed by atoms with Gasteiger partial charge in [-0.1, -0.05) is 0 Å². The Morgan fingerprint density at radius 1 is 0.913 bits per heavy atom. The van der Waals surface area contributed by atoms with Gasteiger partial charge in [0.1, 0.15) is 0 Å². The van der Waals surface area contributed by atoms with Crippen LogP contribution in [0.4, 0.5) is 0 Å². The molecule has 2 fully saturated rings. The summed E-state index contributed by atoms with van der Waals surface area (Å²) in [5.41, 5.74) is 0.113. The van der Waals surface area contributed by atoms with E-state index in [1.165, 1.54) is 0 Å². The third-order valence-electron chi connectivity index (χ3n) is 4.97. The quantitative estimate of drug-likeness (QED) is 0.681. The first-order chi connectivity index (χ1) is 10.8. The summed E-state index contributed by atoms with van der Waals surface area (Å²) in [6.07, 6.45) is 6.33. The van der Waals surface area contributed by atoms with Crippen LogP contribution in [0.5, 0.6) is 0 Å². The maximum Gasteiger partial charge on any atom is 0.0648 e. The lowest BCUT2D eigenvalue weighted by Gasteiger charge is -2.45. The topological polar surface area (TPSA) is 30.9 Å². The maximum atomic E-state index is 6.26. The molecule has 0 aromatic carbocycles. The maximum absolute atomic E-state index is 6.26. The van der Waals surface area contributed by atoms with Crippen LogP contribution in [0.3, 0.4) is 0 Å². The Bertz CT molecular complexity index is 343. The number of likely N-dealkylation sites (tertiary alicyclic amines) is 1. The largest absolute Gasteiger partial charge is 0.377 e. The molecule has 4 heteroatoms. The third-order valence-corrected chi connectivity index (χ3v) is 4.97. The smallest absolute Gasteiger partial charge is 0.0648 e. The summed E-state index contributed by atoms with van der Waals surface area (Å²) in [5.74, 6) is 0.